The Morgan fingerprint density at radius 2 is 1.92 bits per heavy atom. The maximum absolute atomic E-state index is 12.2. The monoisotopic (exact) mass is 335 g/mol. The van der Waals surface area contributed by atoms with E-state index in [-0.39, 0.29) is 5.91 Å². The van der Waals surface area contributed by atoms with Gasteiger partial charge in [-0.1, -0.05) is 23.8 Å². The van der Waals surface area contributed by atoms with E-state index in [1.54, 1.807) is 18.5 Å². The summed E-state index contributed by atoms with van der Waals surface area (Å²) in [5.74, 6) is 0.823. The Hall–Kier alpha value is -2.95. The molecule has 0 aliphatic carbocycles. The van der Waals surface area contributed by atoms with Gasteiger partial charge in [-0.25, -0.2) is 0 Å². The molecule has 0 atom stereocenters. The van der Waals surface area contributed by atoms with Crippen molar-refractivity contribution in [2.45, 2.75) is 33.7 Å². The molecule has 25 heavy (non-hydrogen) atoms. The Bertz CT molecular complexity index is 882. The number of benzene rings is 1. The second-order valence-electron chi connectivity index (χ2n) is 6.20. The van der Waals surface area contributed by atoms with Crippen LogP contribution in [0.25, 0.3) is 0 Å². The maximum atomic E-state index is 12.2. The highest BCUT2D eigenvalue weighted by atomic mass is 16.3. The van der Waals surface area contributed by atoms with E-state index in [4.69, 9.17) is 4.42 Å². The van der Waals surface area contributed by atoms with Crippen LogP contribution < -0.4 is 5.32 Å². The summed E-state index contributed by atoms with van der Waals surface area (Å²) in [6.45, 7) is 6.33. The van der Waals surface area contributed by atoms with E-state index in [0.717, 1.165) is 11.5 Å². The molecule has 3 aromatic rings. The zero-order valence-electron chi connectivity index (χ0n) is 14.7. The molecule has 0 bridgehead atoms. The predicted octanol–water partition coefficient (Wildman–Crippen LogP) is 3.52. The lowest BCUT2D eigenvalue weighted by Crippen LogP contribution is -2.22. The molecule has 0 radical (unpaired) electrons. The van der Waals surface area contributed by atoms with Crippen molar-refractivity contribution >= 4 is 5.91 Å². The van der Waals surface area contributed by atoms with Gasteiger partial charge in [0.05, 0.1) is 24.1 Å². The molecule has 0 unspecified atom stereocenters. The molecular formula is C20H21N3O2. The van der Waals surface area contributed by atoms with Crippen molar-refractivity contribution < 1.29 is 9.21 Å². The smallest absolute Gasteiger partial charge is 0.287 e. The van der Waals surface area contributed by atoms with E-state index >= 15 is 0 Å². The number of carbonyl (C=O) groups is 1. The van der Waals surface area contributed by atoms with Gasteiger partial charge in [0.2, 0.25) is 0 Å². The Labute approximate surface area is 147 Å². The molecule has 1 amide bonds. The summed E-state index contributed by atoms with van der Waals surface area (Å²) in [4.78, 5) is 20.6. The van der Waals surface area contributed by atoms with Gasteiger partial charge in [-0.2, -0.15) is 0 Å². The summed E-state index contributed by atoms with van der Waals surface area (Å²) in [6, 6.07) is 9.89. The highest BCUT2D eigenvalue weighted by molar-refractivity contribution is 5.91. The molecule has 0 aliphatic heterocycles. The Morgan fingerprint density at radius 3 is 2.68 bits per heavy atom. The lowest BCUT2D eigenvalue weighted by molar-refractivity contribution is 0.0921. The summed E-state index contributed by atoms with van der Waals surface area (Å²) in [7, 11) is 0. The SMILES string of the molecule is Cc1ccc(C)c(Cc2ccc(C(=O)NCc3cnc(C)cn3)o2)c1. The minimum atomic E-state index is -0.255. The summed E-state index contributed by atoms with van der Waals surface area (Å²) in [5, 5.41) is 2.80. The lowest BCUT2D eigenvalue weighted by Gasteiger charge is -2.05. The Kier molecular flexibility index (Phi) is 4.93. The van der Waals surface area contributed by atoms with Crippen molar-refractivity contribution in [1.82, 2.24) is 15.3 Å². The van der Waals surface area contributed by atoms with Crippen LogP contribution in [0.15, 0.2) is 47.1 Å². The van der Waals surface area contributed by atoms with Crippen LogP contribution >= 0.6 is 0 Å². The fraction of sp³-hybridized carbons (Fsp3) is 0.250. The lowest BCUT2D eigenvalue weighted by atomic mass is 10.0. The number of amides is 1. The van der Waals surface area contributed by atoms with Crippen LogP contribution in [0.5, 0.6) is 0 Å². The minimum Gasteiger partial charge on any atom is -0.456 e. The maximum Gasteiger partial charge on any atom is 0.287 e. The fourth-order valence-corrected chi connectivity index (χ4v) is 2.54. The highest BCUT2D eigenvalue weighted by Crippen LogP contribution is 2.17. The summed E-state index contributed by atoms with van der Waals surface area (Å²) < 4.78 is 5.70. The van der Waals surface area contributed by atoms with Crippen LogP contribution in [0.4, 0.5) is 0 Å². The largest absolute Gasteiger partial charge is 0.456 e. The van der Waals surface area contributed by atoms with Gasteiger partial charge in [0, 0.05) is 12.6 Å². The Balaban J connectivity index is 1.63. The zero-order chi connectivity index (χ0) is 17.8. The predicted molar refractivity (Wildman–Crippen MR) is 95.4 cm³/mol. The molecule has 1 aromatic carbocycles. The van der Waals surface area contributed by atoms with Gasteiger partial charge in [-0.15, -0.1) is 0 Å². The molecule has 128 valence electrons. The molecule has 0 saturated heterocycles. The average Bonchev–Trinajstić information content (AvgIpc) is 3.06. The molecule has 2 aromatic heterocycles. The van der Waals surface area contributed by atoms with Crippen LogP contribution in [-0.4, -0.2) is 15.9 Å². The van der Waals surface area contributed by atoms with Crippen molar-refractivity contribution in [2.75, 3.05) is 0 Å². The van der Waals surface area contributed by atoms with Gasteiger partial charge in [-0.3, -0.25) is 14.8 Å². The number of nitrogens with zero attached hydrogens (tertiary/aromatic N) is 2. The third-order valence-electron chi connectivity index (χ3n) is 4.02. The van der Waals surface area contributed by atoms with E-state index in [1.165, 1.54) is 16.7 Å². The second kappa shape index (κ2) is 7.30. The van der Waals surface area contributed by atoms with Crippen molar-refractivity contribution in [2.24, 2.45) is 0 Å². The summed E-state index contributed by atoms with van der Waals surface area (Å²) in [5.41, 5.74) is 5.19. The quantitative estimate of drug-likeness (QED) is 0.775. The van der Waals surface area contributed by atoms with E-state index in [0.29, 0.717) is 24.4 Å². The summed E-state index contributed by atoms with van der Waals surface area (Å²) >= 11 is 0. The third kappa shape index (κ3) is 4.32. The van der Waals surface area contributed by atoms with Gasteiger partial charge in [0.15, 0.2) is 5.76 Å². The number of hydrogen-bond acceptors (Lipinski definition) is 4. The van der Waals surface area contributed by atoms with Gasteiger partial charge in [-0.05, 0) is 44.0 Å². The molecular weight excluding hydrogens is 314 g/mol. The van der Waals surface area contributed by atoms with Crippen LogP contribution in [0, 0.1) is 20.8 Å². The van der Waals surface area contributed by atoms with Crippen molar-refractivity contribution in [3.8, 4) is 0 Å². The van der Waals surface area contributed by atoms with Crippen molar-refractivity contribution in [3.05, 3.63) is 82.3 Å². The van der Waals surface area contributed by atoms with Crippen molar-refractivity contribution in [1.29, 1.82) is 0 Å². The topological polar surface area (TPSA) is 68.0 Å². The van der Waals surface area contributed by atoms with Gasteiger partial charge in [0.1, 0.15) is 5.76 Å². The number of aryl methyl sites for hydroxylation is 3. The number of carbonyl (C=O) groups excluding carboxylic acids is 1. The van der Waals surface area contributed by atoms with Gasteiger partial charge >= 0.3 is 0 Å². The second-order valence-corrected chi connectivity index (χ2v) is 6.20. The molecule has 3 rings (SSSR count). The number of rotatable bonds is 5. The Morgan fingerprint density at radius 1 is 1.08 bits per heavy atom. The van der Waals surface area contributed by atoms with E-state index in [2.05, 4.69) is 47.3 Å². The molecule has 2 heterocycles. The molecule has 5 heteroatoms. The van der Waals surface area contributed by atoms with Gasteiger partial charge < -0.3 is 9.73 Å². The first-order valence-electron chi connectivity index (χ1n) is 8.22. The van der Waals surface area contributed by atoms with E-state index < -0.39 is 0 Å². The fourth-order valence-electron chi connectivity index (χ4n) is 2.54. The first-order valence-corrected chi connectivity index (χ1v) is 8.22. The highest BCUT2D eigenvalue weighted by Gasteiger charge is 2.12. The molecule has 0 spiro atoms. The molecule has 0 saturated carbocycles. The number of hydrogen-bond donors (Lipinski definition) is 1. The summed E-state index contributed by atoms with van der Waals surface area (Å²) in [6.07, 6.45) is 4.00. The zero-order valence-corrected chi connectivity index (χ0v) is 14.7. The normalized spacial score (nSPS) is 10.7. The van der Waals surface area contributed by atoms with Crippen LogP contribution in [-0.2, 0) is 13.0 Å². The van der Waals surface area contributed by atoms with Gasteiger partial charge in [0.25, 0.3) is 5.91 Å². The molecule has 0 aliphatic rings. The molecule has 0 fully saturated rings. The van der Waals surface area contributed by atoms with Crippen LogP contribution in [0.2, 0.25) is 0 Å². The van der Waals surface area contributed by atoms with E-state index in [9.17, 15) is 4.79 Å². The number of aromatic nitrogens is 2. The third-order valence-corrected chi connectivity index (χ3v) is 4.02. The van der Waals surface area contributed by atoms with Crippen LogP contribution in [0.3, 0.4) is 0 Å². The first-order chi connectivity index (χ1) is 12.0. The standard InChI is InChI=1S/C20H21N3O2/c1-13-4-5-14(2)16(8-13)9-18-6-7-19(25-18)20(24)23-12-17-11-21-15(3)10-22-17/h4-8,10-11H,9,12H2,1-3H3,(H,23,24). The minimum absolute atomic E-state index is 0.255. The molecule has 1 N–H and O–H groups in total. The van der Waals surface area contributed by atoms with Crippen molar-refractivity contribution in [3.63, 3.8) is 0 Å². The number of nitrogens with one attached hydrogen (secondary N) is 1. The number of furan rings is 1. The van der Waals surface area contributed by atoms with E-state index in [1.807, 2.05) is 13.0 Å². The molecule has 5 nitrogen and oxygen atoms in total. The first kappa shape index (κ1) is 16.9. The van der Waals surface area contributed by atoms with Crippen LogP contribution in [0.1, 0.15) is 44.4 Å². The average molecular weight is 335 g/mol.